The average molecular weight is 446 g/mol. The van der Waals surface area contributed by atoms with Gasteiger partial charge in [0.1, 0.15) is 12.4 Å². The van der Waals surface area contributed by atoms with E-state index in [9.17, 15) is 4.79 Å². The summed E-state index contributed by atoms with van der Waals surface area (Å²) in [6, 6.07) is 11.4. The maximum Gasteiger partial charge on any atom is 0.411 e. The molecule has 1 aliphatic rings. The van der Waals surface area contributed by atoms with Gasteiger partial charge < -0.3 is 28.6 Å². The number of amides is 1. The molecule has 32 heavy (non-hydrogen) atoms. The maximum absolute atomic E-state index is 12.2. The number of nitrogens with one attached hydrogen (secondary N) is 1. The minimum atomic E-state index is -0.531. The molecule has 2 aromatic rings. The highest BCUT2D eigenvalue weighted by Gasteiger charge is 2.18. The molecule has 0 aliphatic carbocycles. The highest BCUT2D eigenvalue weighted by molar-refractivity contribution is 5.86. The van der Waals surface area contributed by atoms with Crippen molar-refractivity contribution in [1.29, 1.82) is 0 Å². The molecule has 2 aromatic carbocycles. The zero-order valence-corrected chi connectivity index (χ0v) is 19.1. The van der Waals surface area contributed by atoms with Gasteiger partial charge in [-0.3, -0.25) is 10.2 Å². The topological polar surface area (TPSA) is 81.7 Å². The molecule has 0 spiro atoms. The van der Waals surface area contributed by atoms with Gasteiger partial charge in [-0.25, -0.2) is 4.79 Å². The quantitative estimate of drug-likeness (QED) is 0.631. The fourth-order valence-electron chi connectivity index (χ4n) is 3.60. The van der Waals surface area contributed by atoms with Crippen LogP contribution >= 0.6 is 0 Å². The number of ether oxygens (including phenoxy) is 5. The minimum absolute atomic E-state index is 0.304. The maximum atomic E-state index is 12.2. The Morgan fingerprint density at radius 1 is 0.875 bits per heavy atom. The van der Waals surface area contributed by atoms with Crippen molar-refractivity contribution in [2.24, 2.45) is 0 Å². The standard InChI is InChI=1S/C23H31N3O6/c1-28-19-7-5-18(6-8-19)26-11-9-25(10-12-26)13-14-32-23(27)24-17-15-20(29-2)22(31-4)21(16-17)30-3/h5-8,15-16H,9-14H2,1-4H3,(H,24,27). The summed E-state index contributed by atoms with van der Waals surface area (Å²) >= 11 is 0. The van der Waals surface area contributed by atoms with Gasteiger partial charge in [0.15, 0.2) is 11.5 Å². The molecule has 0 aromatic heterocycles. The second-order valence-electron chi connectivity index (χ2n) is 7.20. The van der Waals surface area contributed by atoms with E-state index in [0.29, 0.717) is 36.1 Å². The van der Waals surface area contributed by atoms with Crippen LogP contribution in [0, 0.1) is 0 Å². The van der Waals surface area contributed by atoms with Crippen LogP contribution in [0.1, 0.15) is 0 Å². The lowest BCUT2D eigenvalue weighted by atomic mass is 10.2. The summed E-state index contributed by atoms with van der Waals surface area (Å²) in [5, 5.41) is 2.70. The molecule has 1 N–H and O–H groups in total. The van der Waals surface area contributed by atoms with Crippen molar-refractivity contribution < 1.29 is 28.5 Å². The minimum Gasteiger partial charge on any atom is -0.497 e. The fraction of sp³-hybridized carbons (Fsp3) is 0.435. The number of hydrogen-bond acceptors (Lipinski definition) is 8. The fourth-order valence-corrected chi connectivity index (χ4v) is 3.60. The molecule has 0 saturated carbocycles. The number of anilines is 2. The highest BCUT2D eigenvalue weighted by atomic mass is 16.5. The summed E-state index contributed by atoms with van der Waals surface area (Å²) in [6.45, 7) is 4.64. The second-order valence-corrected chi connectivity index (χ2v) is 7.20. The molecule has 9 nitrogen and oxygen atoms in total. The predicted octanol–water partition coefficient (Wildman–Crippen LogP) is 3.09. The Labute approximate surface area is 188 Å². The Balaban J connectivity index is 1.43. The van der Waals surface area contributed by atoms with E-state index in [1.54, 1.807) is 19.2 Å². The van der Waals surface area contributed by atoms with Gasteiger partial charge >= 0.3 is 6.09 Å². The summed E-state index contributed by atoms with van der Waals surface area (Å²) < 4.78 is 26.5. The smallest absolute Gasteiger partial charge is 0.411 e. The van der Waals surface area contributed by atoms with Gasteiger partial charge in [-0.05, 0) is 24.3 Å². The molecule has 174 valence electrons. The summed E-state index contributed by atoms with van der Waals surface area (Å²) in [7, 11) is 6.24. The van der Waals surface area contributed by atoms with E-state index in [1.807, 2.05) is 12.1 Å². The zero-order valence-electron chi connectivity index (χ0n) is 19.1. The first kappa shape index (κ1) is 23.3. The van der Waals surface area contributed by atoms with Crippen molar-refractivity contribution in [2.75, 3.05) is 78.0 Å². The van der Waals surface area contributed by atoms with Crippen LogP contribution in [0.5, 0.6) is 23.0 Å². The number of carbonyl (C=O) groups excluding carboxylic acids is 1. The van der Waals surface area contributed by atoms with Crippen LogP contribution in [0.15, 0.2) is 36.4 Å². The Hall–Kier alpha value is -3.33. The van der Waals surface area contributed by atoms with E-state index in [2.05, 4.69) is 27.2 Å². The van der Waals surface area contributed by atoms with E-state index < -0.39 is 6.09 Å². The number of carbonyl (C=O) groups is 1. The van der Waals surface area contributed by atoms with E-state index in [1.165, 1.54) is 27.0 Å². The van der Waals surface area contributed by atoms with Crippen LogP contribution < -0.4 is 29.2 Å². The molecule has 1 fully saturated rings. The van der Waals surface area contributed by atoms with Gasteiger partial charge in [0, 0.05) is 50.5 Å². The first-order valence-corrected chi connectivity index (χ1v) is 10.4. The van der Waals surface area contributed by atoms with Gasteiger partial charge in [0.05, 0.1) is 34.1 Å². The zero-order chi connectivity index (χ0) is 22.9. The number of piperazine rings is 1. The molecule has 1 saturated heterocycles. The monoisotopic (exact) mass is 445 g/mol. The molecule has 0 bridgehead atoms. The molecule has 1 amide bonds. The number of methoxy groups -OCH3 is 4. The molecule has 3 rings (SSSR count). The molecule has 0 unspecified atom stereocenters. The summed E-state index contributed by atoms with van der Waals surface area (Å²) in [5.41, 5.74) is 1.68. The molecular formula is C23H31N3O6. The van der Waals surface area contributed by atoms with Crippen molar-refractivity contribution in [3.05, 3.63) is 36.4 Å². The largest absolute Gasteiger partial charge is 0.497 e. The van der Waals surface area contributed by atoms with Crippen molar-refractivity contribution in [2.45, 2.75) is 0 Å². The third-order valence-electron chi connectivity index (χ3n) is 5.36. The van der Waals surface area contributed by atoms with Crippen LogP contribution in [-0.2, 0) is 4.74 Å². The molecular weight excluding hydrogens is 414 g/mol. The Morgan fingerprint density at radius 3 is 2.03 bits per heavy atom. The lowest BCUT2D eigenvalue weighted by Crippen LogP contribution is -2.47. The second kappa shape index (κ2) is 11.3. The number of rotatable bonds is 9. The highest BCUT2D eigenvalue weighted by Crippen LogP contribution is 2.39. The summed E-state index contributed by atoms with van der Waals surface area (Å²) in [5.74, 6) is 2.23. The van der Waals surface area contributed by atoms with Crippen molar-refractivity contribution in [3.8, 4) is 23.0 Å². The Morgan fingerprint density at radius 2 is 1.50 bits per heavy atom. The van der Waals surface area contributed by atoms with Crippen LogP contribution in [0.2, 0.25) is 0 Å². The average Bonchev–Trinajstić information content (AvgIpc) is 2.83. The summed E-state index contributed by atoms with van der Waals surface area (Å²) in [6.07, 6.45) is -0.531. The van der Waals surface area contributed by atoms with Crippen LogP contribution in [0.3, 0.4) is 0 Å². The van der Waals surface area contributed by atoms with E-state index in [0.717, 1.165) is 31.9 Å². The van der Waals surface area contributed by atoms with E-state index in [4.69, 9.17) is 23.7 Å². The third kappa shape index (κ3) is 5.88. The van der Waals surface area contributed by atoms with Crippen molar-refractivity contribution >= 4 is 17.5 Å². The Bertz CT molecular complexity index is 857. The molecule has 0 atom stereocenters. The predicted molar refractivity (Wildman–Crippen MR) is 123 cm³/mol. The van der Waals surface area contributed by atoms with Gasteiger partial charge in [0.25, 0.3) is 0 Å². The molecule has 9 heteroatoms. The van der Waals surface area contributed by atoms with Gasteiger partial charge in [0.2, 0.25) is 5.75 Å². The molecule has 0 radical (unpaired) electrons. The Kier molecular flexibility index (Phi) is 8.27. The van der Waals surface area contributed by atoms with Crippen molar-refractivity contribution in [1.82, 2.24) is 4.90 Å². The van der Waals surface area contributed by atoms with Gasteiger partial charge in [-0.1, -0.05) is 0 Å². The number of benzene rings is 2. The van der Waals surface area contributed by atoms with Crippen molar-refractivity contribution in [3.63, 3.8) is 0 Å². The van der Waals surface area contributed by atoms with Gasteiger partial charge in [-0.2, -0.15) is 0 Å². The van der Waals surface area contributed by atoms with Gasteiger partial charge in [-0.15, -0.1) is 0 Å². The lowest BCUT2D eigenvalue weighted by Gasteiger charge is -2.36. The molecule has 1 heterocycles. The number of hydrogen-bond donors (Lipinski definition) is 1. The van der Waals surface area contributed by atoms with E-state index >= 15 is 0 Å². The van der Waals surface area contributed by atoms with Crippen LogP contribution in [-0.4, -0.2) is 78.8 Å². The third-order valence-corrected chi connectivity index (χ3v) is 5.36. The van der Waals surface area contributed by atoms with Crippen LogP contribution in [0.25, 0.3) is 0 Å². The first-order valence-electron chi connectivity index (χ1n) is 10.4. The summed E-state index contributed by atoms with van der Waals surface area (Å²) in [4.78, 5) is 16.8. The molecule has 1 aliphatic heterocycles. The number of nitrogens with zero attached hydrogens (tertiary/aromatic N) is 2. The normalized spacial score (nSPS) is 13.9. The lowest BCUT2D eigenvalue weighted by molar-refractivity contribution is 0.137. The van der Waals surface area contributed by atoms with E-state index in [-0.39, 0.29) is 0 Å². The SMILES string of the molecule is COc1ccc(N2CCN(CCOC(=O)Nc3cc(OC)c(OC)c(OC)c3)CC2)cc1. The first-order chi connectivity index (χ1) is 15.6. The van der Waals surface area contributed by atoms with Crippen LogP contribution in [0.4, 0.5) is 16.2 Å².